The standard InChI is InChI=1S/C11H15/c1-3-5-11-8-6-10(4-2)7-9-11/h6-8H,3-5H2,1-2H3. The zero-order valence-electron chi connectivity index (χ0n) is 7.35. The minimum Gasteiger partial charge on any atom is -0.0651 e. The molecule has 0 amide bonds. The highest BCUT2D eigenvalue weighted by Gasteiger charge is 1.91. The Morgan fingerprint density at radius 1 is 1.27 bits per heavy atom. The third-order valence-corrected chi connectivity index (χ3v) is 1.87. The van der Waals surface area contributed by atoms with Gasteiger partial charge in [-0.05, 0) is 30.0 Å². The second-order valence-corrected chi connectivity index (χ2v) is 2.83. The molecule has 0 N–H and O–H groups in total. The van der Waals surface area contributed by atoms with Gasteiger partial charge in [0.05, 0.1) is 0 Å². The van der Waals surface area contributed by atoms with Crippen molar-refractivity contribution in [3.8, 4) is 0 Å². The van der Waals surface area contributed by atoms with Crippen molar-refractivity contribution in [3.63, 3.8) is 0 Å². The molecule has 0 aliphatic carbocycles. The minimum atomic E-state index is 1.11. The van der Waals surface area contributed by atoms with Crippen LogP contribution in [0.1, 0.15) is 31.4 Å². The van der Waals surface area contributed by atoms with E-state index in [2.05, 4.69) is 38.1 Å². The van der Waals surface area contributed by atoms with E-state index in [0.29, 0.717) is 0 Å². The lowest BCUT2D eigenvalue weighted by Gasteiger charge is -1.98. The maximum atomic E-state index is 3.29. The molecule has 11 heavy (non-hydrogen) atoms. The van der Waals surface area contributed by atoms with Crippen LogP contribution in [-0.4, -0.2) is 0 Å². The lowest BCUT2D eigenvalue weighted by Crippen LogP contribution is -1.84. The molecule has 0 nitrogen and oxygen atoms in total. The van der Waals surface area contributed by atoms with Gasteiger partial charge in [-0.15, -0.1) is 0 Å². The third-order valence-electron chi connectivity index (χ3n) is 1.87. The minimum absolute atomic E-state index is 1.11. The Morgan fingerprint density at radius 3 is 2.55 bits per heavy atom. The second-order valence-electron chi connectivity index (χ2n) is 2.83. The van der Waals surface area contributed by atoms with E-state index in [9.17, 15) is 0 Å². The number of hydrogen-bond acceptors (Lipinski definition) is 0. The Balaban J connectivity index is 2.66. The summed E-state index contributed by atoms with van der Waals surface area (Å²) < 4.78 is 0. The molecule has 0 aliphatic heterocycles. The van der Waals surface area contributed by atoms with Crippen LogP contribution in [0, 0.1) is 6.07 Å². The van der Waals surface area contributed by atoms with Crippen molar-refractivity contribution in [2.24, 2.45) is 0 Å². The van der Waals surface area contributed by atoms with Gasteiger partial charge in [-0.3, -0.25) is 0 Å². The molecule has 1 radical (unpaired) electrons. The first-order chi connectivity index (χ1) is 5.36. The second kappa shape index (κ2) is 4.17. The van der Waals surface area contributed by atoms with Crippen LogP contribution in [0.25, 0.3) is 0 Å². The molecular weight excluding hydrogens is 132 g/mol. The summed E-state index contributed by atoms with van der Waals surface area (Å²) in [5.41, 5.74) is 2.72. The van der Waals surface area contributed by atoms with Crippen molar-refractivity contribution in [1.29, 1.82) is 0 Å². The topological polar surface area (TPSA) is 0 Å². The van der Waals surface area contributed by atoms with E-state index in [1.165, 1.54) is 17.5 Å². The van der Waals surface area contributed by atoms with E-state index in [1.54, 1.807) is 0 Å². The molecule has 0 heteroatoms. The van der Waals surface area contributed by atoms with Crippen LogP contribution < -0.4 is 0 Å². The normalized spacial score (nSPS) is 10.0. The first-order valence-corrected chi connectivity index (χ1v) is 4.36. The predicted molar refractivity (Wildman–Crippen MR) is 48.7 cm³/mol. The van der Waals surface area contributed by atoms with Crippen molar-refractivity contribution in [2.75, 3.05) is 0 Å². The first kappa shape index (κ1) is 8.32. The quantitative estimate of drug-likeness (QED) is 0.616. The Bertz CT molecular complexity index is 196. The fourth-order valence-corrected chi connectivity index (χ4v) is 1.13. The van der Waals surface area contributed by atoms with Crippen LogP contribution in [-0.2, 0) is 12.8 Å². The van der Waals surface area contributed by atoms with Crippen molar-refractivity contribution in [1.82, 2.24) is 0 Å². The molecule has 0 aliphatic rings. The molecule has 0 saturated carbocycles. The lowest BCUT2D eigenvalue weighted by molar-refractivity contribution is 0.918. The van der Waals surface area contributed by atoms with Crippen LogP contribution in [0.3, 0.4) is 0 Å². The van der Waals surface area contributed by atoms with Gasteiger partial charge in [-0.2, -0.15) is 0 Å². The highest BCUT2D eigenvalue weighted by Crippen LogP contribution is 2.05. The molecule has 0 bridgehead atoms. The summed E-state index contributed by atoms with van der Waals surface area (Å²) in [6.45, 7) is 4.37. The zero-order chi connectivity index (χ0) is 8.10. The molecule has 0 atom stereocenters. The van der Waals surface area contributed by atoms with Gasteiger partial charge >= 0.3 is 0 Å². The summed E-state index contributed by atoms with van der Waals surface area (Å²) in [6.07, 6.45) is 3.48. The smallest absolute Gasteiger partial charge is 0.0146 e. The van der Waals surface area contributed by atoms with E-state index in [1.807, 2.05) is 0 Å². The number of benzene rings is 1. The van der Waals surface area contributed by atoms with Crippen LogP contribution in [0.5, 0.6) is 0 Å². The van der Waals surface area contributed by atoms with Crippen LogP contribution in [0.2, 0.25) is 0 Å². The molecule has 0 heterocycles. The molecule has 0 aromatic heterocycles. The van der Waals surface area contributed by atoms with E-state index >= 15 is 0 Å². The summed E-state index contributed by atoms with van der Waals surface area (Å²) in [5.74, 6) is 0. The van der Waals surface area contributed by atoms with Crippen molar-refractivity contribution < 1.29 is 0 Å². The predicted octanol–water partition coefficient (Wildman–Crippen LogP) is 3.00. The first-order valence-electron chi connectivity index (χ1n) is 4.36. The Labute approximate surface area is 69.3 Å². The molecule has 59 valence electrons. The Morgan fingerprint density at radius 2 is 2.09 bits per heavy atom. The largest absolute Gasteiger partial charge is 0.0651 e. The average molecular weight is 147 g/mol. The molecule has 0 fully saturated rings. The van der Waals surface area contributed by atoms with Gasteiger partial charge < -0.3 is 0 Å². The van der Waals surface area contributed by atoms with Gasteiger partial charge in [0.15, 0.2) is 0 Å². The third kappa shape index (κ3) is 2.38. The molecular formula is C11H15. The highest BCUT2D eigenvalue weighted by atomic mass is 14.0. The molecule has 1 aromatic carbocycles. The molecule has 0 spiro atoms. The molecule has 0 unspecified atom stereocenters. The van der Waals surface area contributed by atoms with Gasteiger partial charge in [0.25, 0.3) is 0 Å². The maximum Gasteiger partial charge on any atom is -0.0146 e. The summed E-state index contributed by atoms with van der Waals surface area (Å²) >= 11 is 0. The number of hydrogen-bond donors (Lipinski definition) is 0. The average Bonchev–Trinajstić information content (AvgIpc) is 2.07. The van der Waals surface area contributed by atoms with Crippen LogP contribution >= 0.6 is 0 Å². The fraction of sp³-hybridized carbons (Fsp3) is 0.455. The Kier molecular flexibility index (Phi) is 3.15. The zero-order valence-corrected chi connectivity index (χ0v) is 7.35. The van der Waals surface area contributed by atoms with E-state index in [4.69, 9.17) is 0 Å². The van der Waals surface area contributed by atoms with Gasteiger partial charge in [0.2, 0.25) is 0 Å². The molecule has 0 saturated heterocycles. The van der Waals surface area contributed by atoms with E-state index in [0.717, 1.165) is 12.8 Å². The van der Waals surface area contributed by atoms with Crippen molar-refractivity contribution in [2.45, 2.75) is 33.1 Å². The molecule has 1 rings (SSSR count). The number of rotatable bonds is 3. The number of aryl methyl sites for hydroxylation is 2. The summed E-state index contributed by atoms with van der Waals surface area (Å²) in [7, 11) is 0. The van der Waals surface area contributed by atoms with Crippen LogP contribution in [0.15, 0.2) is 18.2 Å². The monoisotopic (exact) mass is 147 g/mol. The summed E-state index contributed by atoms with van der Waals surface area (Å²) in [4.78, 5) is 0. The van der Waals surface area contributed by atoms with E-state index in [-0.39, 0.29) is 0 Å². The van der Waals surface area contributed by atoms with Gasteiger partial charge in [-0.1, -0.05) is 38.5 Å². The molecule has 1 aromatic rings. The fourth-order valence-electron chi connectivity index (χ4n) is 1.13. The van der Waals surface area contributed by atoms with Gasteiger partial charge in [-0.25, -0.2) is 0 Å². The van der Waals surface area contributed by atoms with Crippen molar-refractivity contribution >= 4 is 0 Å². The SMILES string of the molecule is CCCc1[c]cc(CC)cc1. The van der Waals surface area contributed by atoms with E-state index < -0.39 is 0 Å². The summed E-state index contributed by atoms with van der Waals surface area (Å²) in [5, 5.41) is 0. The van der Waals surface area contributed by atoms with Gasteiger partial charge in [0.1, 0.15) is 0 Å². The lowest BCUT2D eigenvalue weighted by atomic mass is 10.1. The Hall–Kier alpha value is -0.780. The van der Waals surface area contributed by atoms with Crippen molar-refractivity contribution in [3.05, 3.63) is 35.4 Å². The van der Waals surface area contributed by atoms with Crippen LogP contribution in [0.4, 0.5) is 0 Å². The maximum absolute atomic E-state index is 3.29. The highest BCUT2D eigenvalue weighted by molar-refractivity contribution is 5.21. The summed E-state index contributed by atoms with van der Waals surface area (Å²) in [6, 6.07) is 9.77. The van der Waals surface area contributed by atoms with Gasteiger partial charge in [0, 0.05) is 0 Å².